The first-order valence-electron chi connectivity index (χ1n) is 6.82. The number of aliphatic carboxylic acids is 1. The van der Waals surface area contributed by atoms with Crippen molar-refractivity contribution in [2.75, 3.05) is 18.4 Å². The minimum atomic E-state index is -0.800. The van der Waals surface area contributed by atoms with Crippen LogP contribution in [-0.4, -0.2) is 40.1 Å². The van der Waals surface area contributed by atoms with Crippen LogP contribution in [0.4, 0.5) is 9.93 Å². The Morgan fingerprint density at radius 3 is 2.85 bits per heavy atom. The minimum absolute atomic E-state index is 0.0551. The molecular weight excluding hydrogens is 278 g/mol. The number of carbonyl (C=O) groups is 2. The van der Waals surface area contributed by atoms with Crippen molar-refractivity contribution in [3.8, 4) is 0 Å². The van der Waals surface area contributed by atoms with Crippen molar-refractivity contribution in [3.05, 3.63) is 10.6 Å². The van der Waals surface area contributed by atoms with Gasteiger partial charge in [0.25, 0.3) is 0 Å². The Hall–Kier alpha value is -1.63. The SMILES string of the molecule is CC(C(=O)O)C1CN(C(=O)Nc2nc3c(s2)CCC3)C1. The Morgan fingerprint density at radius 2 is 2.20 bits per heavy atom. The van der Waals surface area contributed by atoms with E-state index >= 15 is 0 Å². The molecule has 0 bridgehead atoms. The first-order valence-corrected chi connectivity index (χ1v) is 7.63. The summed E-state index contributed by atoms with van der Waals surface area (Å²) in [5.41, 5.74) is 1.12. The summed E-state index contributed by atoms with van der Waals surface area (Å²) in [6, 6.07) is -0.175. The molecule has 1 unspecified atom stereocenters. The van der Waals surface area contributed by atoms with Crippen LogP contribution in [0.2, 0.25) is 0 Å². The van der Waals surface area contributed by atoms with Gasteiger partial charge in [0.1, 0.15) is 0 Å². The van der Waals surface area contributed by atoms with Gasteiger partial charge >= 0.3 is 12.0 Å². The van der Waals surface area contributed by atoms with Crippen molar-refractivity contribution in [2.24, 2.45) is 11.8 Å². The van der Waals surface area contributed by atoms with Crippen LogP contribution in [0.15, 0.2) is 0 Å². The van der Waals surface area contributed by atoms with Crippen molar-refractivity contribution >= 4 is 28.5 Å². The molecule has 0 spiro atoms. The number of anilines is 1. The van der Waals surface area contributed by atoms with Gasteiger partial charge in [-0.1, -0.05) is 6.92 Å². The highest BCUT2D eigenvalue weighted by atomic mass is 32.1. The maximum Gasteiger partial charge on any atom is 0.323 e. The van der Waals surface area contributed by atoms with Gasteiger partial charge in [-0.3, -0.25) is 10.1 Å². The molecule has 0 aromatic carbocycles. The molecule has 1 aromatic heterocycles. The number of aromatic nitrogens is 1. The van der Waals surface area contributed by atoms with Gasteiger partial charge < -0.3 is 10.0 Å². The van der Waals surface area contributed by atoms with E-state index in [9.17, 15) is 9.59 Å². The van der Waals surface area contributed by atoms with E-state index in [-0.39, 0.29) is 11.9 Å². The second-order valence-electron chi connectivity index (χ2n) is 5.46. The number of carbonyl (C=O) groups excluding carboxylic acids is 1. The van der Waals surface area contributed by atoms with Crippen molar-refractivity contribution in [1.29, 1.82) is 0 Å². The molecule has 1 aliphatic carbocycles. The summed E-state index contributed by atoms with van der Waals surface area (Å²) in [6.45, 7) is 2.70. The summed E-state index contributed by atoms with van der Waals surface area (Å²) in [7, 11) is 0. The van der Waals surface area contributed by atoms with Crippen molar-refractivity contribution in [1.82, 2.24) is 9.88 Å². The van der Waals surface area contributed by atoms with Crippen LogP contribution in [0.1, 0.15) is 23.9 Å². The highest BCUT2D eigenvalue weighted by Crippen LogP contribution is 2.31. The fraction of sp³-hybridized carbons (Fsp3) is 0.615. The molecule has 108 valence electrons. The Morgan fingerprint density at radius 1 is 1.45 bits per heavy atom. The van der Waals surface area contributed by atoms with E-state index in [1.807, 2.05) is 0 Å². The molecule has 1 fully saturated rings. The molecule has 0 saturated carbocycles. The number of thiazole rings is 1. The van der Waals surface area contributed by atoms with Crippen LogP contribution in [0.3, 0.4) is 0 Å². The molecule has 7 heteroatoms. The predicted molar refractivity (Wildman–Crippen MR) is 75.0 cm³/mol. The lowest BCUT2D eigenvalue weighted by Crippen LogP contribution is -2.54. The number of carboxylic acid groups (broad SMARTS) is 1. The quantitative estimate of drug-likeness (QED) is 0.891. The first-order chi connectivity index (χ1) is 9.54. The third-order valence-corrected chi connectivity index (χ3v) is 5.18. The highest BCUT2D eigenvalue weighted by Gasteiger charge is 2.37. The Labute approximate surface area is 120 Å². The maximum atomic E-state index is 12.0. The fourth-order valence-electron chi connectivity index (χ4n) is 2.61. The number of likely N-dealkylation sites (tertiary alicyclic amines) is 1. The smallest absolute Gasteiger partial charge is 0.323 e. The van der Waals surface area contributed by atoms with Gasteiger partial charge in [-0.05, 0) is 19.3 Å². The molecular formula is C13H17N3O3S. The monoisotopic (exact) mass is 295 g/mol. The van der Waals surface area contributed by atoms with Gasteiger partial charge in [0, 0.05) is 23.9 Å². The molecule has 6 nitrogen and oxygen atoms in total. The summed E-state index contributed by atoms with van der Waals surface area (Å²) >= 11 is 1.55. The molecule has 1 saturated heterocycles. The van der Waals surface area contributed by atoms with Crippen LogP contribution >= 0.6 is 11.3 Å². The standard InChI is InChI=1S/C13H17N3O3S/c1-7(11(17)18)8-5-16(6-8)13(19)15-12-14-9-3-2-4-10(9)20-12/h7-8H,2-6H2,1H3,(H,17,18)(H,14,15,19). The molecule has 2 N–H and O–H groups in total. The minimum Gasteiger partial charge on any atom is -0.481 e. The zero-order chi connectivity index (χ0) is 14.3. The normalized spacial score (nSPS) is 19.4. The fourth-order valence-corrected chi connectivity index (χ4v) is 3.65. The third kappa shape index (κ3) is 2.37. The number of nitrogens with zero attached hydrogens (tertiary/aromatic N) is 2. The molecule has 2 amide bonds. The van der Waals surface area contributed by atoms with E-state index in [2.05, 4.69) is 10.3 Å². The molecule has 20 heavy (non-hydrogen) atoms. The average Bonchev–Trinajstić information content (AvgIpc) is 2.86. The second-order valence-corrected chi connectivity index (χ2v) is 6.55. The molecule has 3 rings (SSSR count). The van der Waals surface area contributed by atoms with Gasteiger partial charge in [0.05, 0.1) is 11.6 Å². The maximum absolute atomic E-state index is 12.0. The molecule has 2 aliphatic rings. The van der Waals surface area contributed by atoms with E-state index in [1.54, 1.807) is 23.2 Å². The van der Waals surface area contributed by atoms with Gasteiger partial charge in [-0.2, -0.15) is 0 Å². The van der Waals surface area contributed by atoms with E-state index in [4.69, 9.17) is 5.11 Å². The number of hydrogen-bond donors (Lipinski definition) is 2. The summed E-state index contributed by atoms with van der Waals surface area (Å²) in [6.07, 6.45) is 3.22. The lowest BCUT2D eigenvalue weighted by molar-refractivity contribution is -0.144. The number of fused-ring (bicyclic) bond motifs is 1. The van der Waals surface area contributed by atoms with Gasteiger partial charge in [-0.15, -0.1) is 11.3 Å². The largest absolute Gasteiger partial charge is 0.481 e. The molecule has 0 radical (unpaired) electrons. The van der Waals surface area contributed by atoms with Crippen molar-refractivity contribution in [3.63, 3.8) is 0 Å². The second kappa shape index (κ2) is 5.05. The van der Waals surface area contributed by atoms with E-state index < -0.39 is 11.9 Å². The Kier molecular flexibility index (Phi) is 3.37. The zero-order valence-electron chi connectivity index (χ0n) is 11.3. The van der Waals surface area contributed by atoms with Crippen LogP contribution in [0.5, 0.6) is 0 Å². The number of carboxylic acids is 1. The molecule has 1 aliphatic heterocycles. The van der Waals surface area contributed by atoms with Crippen molar-refractivity contribution < 1.29 is 14.7 Å². The number of nitrogens with one attached hydrogen (secondary N) is 1. The number of hydrogen-bond acceptors (Lipinski definition) is 4. The average molecular weight is 295 g/mol. The van der Waals surface area contributed by atoms with E-state index in [0.717, 1.165) is 25.0 Å². The Bertz CT molecular complexity index is 530. The van der Waals surface area contributed by atoms with E-state index in [0.29, 0.717) is 18.2 Å². The van der Waals surface area contributed by atoms with Crippen LogP contribution in [0.25, 0.3) is 0 Å². The topological polar surface area (TPSA) is 82.5 Å². The summed E-state index contributed by atoms with van der Waals surface area (Å²) in [5, 5.41) is 12.4. The van der Waals surface area contributed by atoms with Crippen LogP contribution < -0.4 is 5.32 Å². The third-order valence-electron chi connectivity index (χ3n) is 4.10. The predicted octanol–water partition coefficient (Wildman–Crippen LogP) is 1.82. The highest BCUT2D eigenvalue weighted by molar-refractivity contribution is 7.15. The summed E-state index contributed by atoms with van der Waals surface area (Å²) in [4.78, 5) is 30.2. The molecule has 1 atom stereocenters. The van der Waals surface area contributed by atoms with Crippen LogP contribution in [0, 0.1) is 11.8 Å². The number of amides is 2. The van der Waals surface area contributed by atoms with Gasteiger partial charge in [-0.25, -0.2) is 9.78 Å². The zero-order valence-corrected chi connectivity index (χ0v) is 12.1. The van der Waals surface area contributed by atoms with Gasteiger partial charge in [0.15, 0.2) is 5.13 Å². The van der Waals surface area contributed by atoms with Crippen LogP contribution in [-0.2, 0) is 17.6 Å². The van der Waals surface area contributed by atoms with Gasteiger partial charge in [0.2, 0.25) is 0 Å². The molecule has 1 aromatic rings. The first kappa shape index (κ1) is 13.4. The Balaban J connectivity index is 1.52. The lowest BCUT2D eigenvalue weighted by Gasteiger charge is -2.40. The number of aryl methyl sites for hydroxylation is 2. The van der Waals surface area contributed by atoms with E-state index in [1.165, 1.54) is 4.88 Å². The van der Waals surface area contributed by atoms with Crippen molar-refractivity contribution in [2.45, 2.75) is 26.2 Å². The summed E-state index contributed by atoms with van der Waals surface area (Å²) in [5.74, 6) is -1.14. The lowest BCUT2D eigenvalue weighted by atomic mass is 9.87. The number of rotatable bonds is 3. The number of urea groups is 1. The molecule has 2 heterocycles. The summed E-state index contributed by atoms with van der Waals surface area (Å²) < 4.78 is 0.